The fraction of sp³-hybridized carbons (Fsp3) is 0.500. The van der Waals surface area contributed by atoms with Crippen LogP contribution in [0, 0.1) is 0 Å². The van der Waals surface area contributed by atoms with Gasteiger partial charge in [0.1, 0.15) is 5.75 Å². The van der Waals surface area contributed by atoms with Crippen LogP contribution >= 0.6 is 11.6 Å². The first-order chi connectivity index (χ1) is 30.2. The summed E-state index contributed by atoms with van der Waals surface area (Å²) in [5.41, 5.74) is 3.90. The number of amides is 2. The molecule has 1 aliphatic heterocycles. The Hall–Kier alpha value is -4.61. The third-order valence-electron chi connectivity index (χ3n) is 12.1. The van der Waals surface area contributed by atoms with E-state index >= 15 is 0 Å². The summed E-state index contributed by atoms with van der Waals surface area (Å²) >= 11 is 6.28. The van der Waals surface area contributed by atoms with Gasteiger partial charge in [-0.05, 0) is 80.5 Å². The Morgan fingerprint density at radius 3 is 2.00 bits per heavy atom. The van der Waals surface area contributed by atoms with E-state index in [-0.39, 0.29) is 33.6 Å². The van der Waals surface area contributed by atoms with Gasteiger partial charge in [0, 0.05) is 12.2 Å². The highest BCUT2D eigenvalue weighted by Gasteiger charge is 2.49. The molecule has 0 radical (unpaired) electrons. The monoisotopic (exact) mass is 885 g/mol. The molecule has 2 aliphatic rings. The van der Waals surface area contributed by atoms with Gasteiger partial charge < -0.3 is 14.0 Å². The molecule has 1 unspecified atom stereocenters. The van der Waals surface area contributed by atoms with Gasteiger partial charge in [-0.1, -0.05) is 157 Å². The Labute approximate surface area is 373 Å². The molecule has 2 heterocycles. The Balaban J connectivity index is 1.14. The van der Waals surface area contributed by atoms with Gasteiger partial charge in [-0.25, -0.2) is 18.1 Å². The van der Waals surface area contributed by atoms with Crippen LogP contribution in [0.5, 0.6) is 5.75 Å². The first-order valence-corrected chi connectivity index (χ1v) is 24.9. The SMILES string of the molecule is CCCCCCCCCCCCCCCCCCOc1ccc(S(=O)(=O)Nc2ccccc2Cl)cc1N1C(=O)OC(C(=O)c2c3c(n(CC)c2-c2ccccc2)CCCC3)C1=O. The molecular formula is C50H64ClN3O7S. The Kier molecular flexibility index (Phi) is 17.5. The average molecular weight is 887 g/mol. The lowest BCUT2D eigenvalue weighted by molar-refractivity contribution is -0.120. The Morgan fingerprint density at radius 2 is 1.37 bits per heavy atom. The summed E-state index contributed by atoms with van der Waals surface area (Å²) in [5, 5.41) is 0.198. The Morgan fingerprint density at radius 1 is 0.774 bits per heavy atom. The minimum absolute atomic E-state index is 0.120. The van der Waals surface area contributed by atoms with Gasteiger partial charge in [0.2, 0.25) is 11.9 Å². The van der Waals surface area contributed by atoms with Crippen LogP contribution in [0.4, 0.5) is 16.2 Å². The van der Waals surface area contributed by atoms with Crippen molar-refractivity contribution in [3.05, 3.63) is 94.6 Å². The smallest absolute Gasteiger partial charge is 0.422 e. The van der Waals surface area contributed by atoms with Crippen molar-refractivity contribution in [2.45, 2.75) is 160 Å². The fourth-order valence-electron chi connectivity index (χ4n) is 8.85. The predicted molar refractivity (Wildman–Crippen MR) is 248 cm³/mol. The zero-order valence-electron chi connectivity index (χ0n) is 36.6. The van der Waals surface area contributed by atoms with E-state index in [1.165, 1.54) is 101 Å². The number of benzene rings is 3. The lowest BCUT2D eigenvalue weighted by atomic mass is 9.90. The number of Topliss-reactive ketones (excluding diaryl/α,β-unsaturated/α-hetero) is 1. The highest BCUT2D eigenvalue weighted by Crippen LogP contribution is 2.40. The molecular weight excluding hydrogens is 822 g/mol. The third kappa shape index (κ3) is 11.7. The van der Waals surface area contributed by atoms with Crippen molar-refractivity contribution in [3.8, 4) is 17.0 Å². The van der Waals surface area contributed by atoms with Gasteiger partial charge in [0.25, 0.3) is 15.9 Å². The molecule has 1 aromatic heterocycles. The molecule has 0 spiro atoms. The van der Waals surface area contributed by atoms with Crippen molar-refractivity contribution in [1.29, 1.82) is 0 Å². The molecule has 1 atom stereocenters. The van der Waals surface area contributed by atoms with Crippen molar-refractivity contribution < 1.29 is 32.3 Å². The molecule has 1 N–H and O–H groups in total. The number of anilines is 2. The average Bonchev–Trinajstić information content (AvgIpc) is 3.78. The van der Waals surface area contributed by atoms with Crippen LogP contribution in [0.3, 0.4) is 0 Å². The number of halogens is 1. The molecule has 0 saturated carbocycles. The second-order valence-corrected chi connectivity index (χ2v) is 18.7. The first kappa shape index (κ1) is 46.9. The quantitative estimate of drug-likeness (QED) is 0.0378. The van der Waals surface area contributed by atoms with Crippen molar-refractivity contribution in [1.82, 2.24) is 4.57 Å². The van der Waals surface area contributed by atoms with Gasteiger partial charge in [0.05, 0.1) is 39.2 Å². The highest BCUT2D eigenvalue weighted by molar-refractivity contribution is 7.92. The zero-order valence-corrected chi connectivity index (χ0v) is 38.2. The molecule has 334 valence electrons. The number of rotatable bonds is 26. The molecule has 6 rings (SSSR count). The minimum atomic E-state index is -4.26. The van der Waals surface area contributed by atoms with Crippen molar-refractivity contribution >= 4 is 50.8 Å². The normalized spacial score (nSPS) is 15.1. The summed E-state index contributed by atoms with van der Waals surface area (Å²) in [6.07, 6.45) is 20.2. The third-order valence-corrected chi connectivity index (χ3v) is 13.8. The number of ketones is 1. The van der Waals surface area contributed by atoms with Crippen LogP contribution in [0.25, 0.3) is 11.3 Å². The number of hydrogen-bond acceptors (Lipinski definition) is 7. The number of aromatic nitrogens is 1. The van der Waals surface area contributed by atoms with E-state index in [4.69, 9.17) is 21.1 Å². The summed E-state index contributed by atoms with van der Waals surface area (Å²) in [6.45, 7) is 5.19. The van der Waals surface area contributed by atoms with Crippen molar-refractivity contribution in [2.24, 2.45) is 0 Å². The van der Waals surface area contributed by atoms with Crippen molar-refractivity contribution in [3.63, 3.8) is 0 Å². The van der Waals surface area contributed by atoms with Crippen LogP contribution in [0.15, 0.2) is 77.7 Å². The van der Waals surface area contributed by atoms with Gasteiger partial charge in [-0.15, -0.1) is 0 Å². The number of fused-ring (bicyclic) bond motifs is 1. The van der Waals surface area contributed by atoms with Gasteiger partial charge in [-0.2, -0.15) is 0 Å². The van der Waals surface area contributed by atoms with Gasteiger partial charge in [-0.3, -0.25) is 14.3 Å². The van der Waals surface area contributed by atoms with Gasteiger partial charge in [0.15, 0.2) is 0 Å². The van der Waals surface area contributed by atoms with E-state index in [0.717, 1.165) is 66.7 Å². The number of carbonyl (C=O) groups excluding carboxylic acids is 3. The molecule has 1 aliphatic carbocycles. The van der Waals surface area contributed by atoms with Crippen LogP contribution < -0.4 is 14.4 Å². The topological polar surface area (TPSA) is 124 Å². The summed E-state index contributed by atoms with van der Waals surface area (Å²) in [7, 11) is -4.26. The zero-order chi connectivity index (χ0) is 43.9. The molecule has 2 amide bonds. The number of sulfonamides is 1. The van der Waals surface area contributed by atoms with E-state index < -0.39 is 33.9 Å². The number of para-hydroxylation sites is 1. The highest BCUT2D eigenvalue weighted by atomic mass is 35.5. The second kappa shape index (κ2) is 23.2. The number of unbranched alkanes of at least 4 members (excludes halogenated alkanes) is 15. The summed E-state index contributed by atoms with van der Waals surface area (Å²) in [4.78, 5) is 43.4. The van der Waals surface area contributed by atoms with E-state index in [0.29, 0.717) is 24.2 Å². The Bertz CT molecular complexity index is 2240. The number of nitrogens with one attached hydrogen (secondary N) is 1. The van der Waals surface area contributed by atoms with Crippen LogP contribution in [-0.2, 0) is 38.9 Å². The summed E-state index contributed by atoms with van der Waals surface area (Å²) < 4.78 is 43.9. The predicted octanol–water partition coefficient (Wildman–Crippen LogP) is 12.9. The van der Waals surface area contributed by atoms with E-state index in [1.807, 2.05) is 37.3 Å². The number of nitrogens with zero attached hydrogens (tertiary/aromatic N) is 2. The van der Waals surface area contributed by atoms with Crippen LogP contribution in [0.1, 0.15) is 151 Å². The first-order valence-electron chi connectivity index (χ1n) is 23.1. The van der Waals surface area contributed by atoms with Gasteiger partial charge >= 0.3 is 6.09 Å². The molecule has 4 aromatic rings. The molecule has 0 bridgehead atoms. The molecule has 62 heavy (non-hydrogen) atoms. The summed E-state index contributed by atoms with van der Waals surface area (Å²) in [5.74, 6) is -1.39. The van der Waals surface area contributed by atoms with Crippen LogP contribution in [-0.4, -0.2) is 43.5 Å². The fourth-order valence-corrected chi connectivity index (χ4v) is 10.2. The van der Waals surface area contributed by atoms with E-state index in [1.54, 1.807) is 18.2 Å². The molecule has 12 heteroatoms. The molecule has 1 saturated heterocycles. The van der Waals surface area contributed by atoms with E-state index in [9.17, 15) is 22.8 Å². The molecule has 10 nitrogen and oxygen atoms in total. The second-order valence-electron chi connectivity index (χ2n) is 16.6. The standard InChI is InChI=1S/C50H64ClN3O7S/c1-3-5-6-7-8-9-10-11-12-13-14-15-16-17-18-26-35-60-44-34-33-38(62(58,59)52-41-31-24-23-30-40(41)51)36-43(44)54-49(56)48(61-50(54)57)47(55)45-39-29-22-25-32-42(39)53(4-2)46(45)37-27-20-19-21-28-37/h19-21,23-24,27-28,30-31,33-34,36,48,52H,3-18,22,25-26,29,32,35H2,1-2H3. The number of hydrogen-bond donors (Lipinski definition) is 1. The lowest BCUT2D eigenvalue weighted by Crippen LogP contribution is -2.36. The van der Waals surface area contributed by atoms with E-state index in [2.05, 4.69) is 16.2 Å². The minimum Gasteiger partial charge on any atom is -0.491 e. The maximum absolute atomic E-state index is 14.7. The number of imide groups is 1. The van der Waals surface area contributed by atoms with Crippen molar-refractivity contribution in [2.75, 3.05) is 16.2 Å². The molecule has 1 fully saturated rings. The largest absolute Gasteiger partial charge is 0.491 e. The maximum atomic E-state index is 14.7. The summed E-state index contributed by atoms with van der Waals surface area (Å²) in [6, 6.07) is 20.0. The lowest BCUT2D eigenvalue weighted by Gasteiger charge is -2.19. The number of cyclic esters (lactones) is 1. The molecule has 3 aromatic carbocycles. The number of ether oxygens (including phenoxy) is 2. The van der Waals surface area contributed by atoms with Crippen LogP contribution in [0.2, 0.25) is 5.02 Å². The maximum Gasteiger partial charge on any atom is 0.422 e. The number of carbonyl (C=O) groups is 3.